The first-order valence-electron chi connectivity index (χ1n) is 11.7. The molecule has 1 aliphatic carbocycles. The molecule has 0 aromatic carbocycles. The zero-order chi connectivity index (χ0) is 21.2. The van der Waals surface area contributed by atoms with Crippen LogP contribution in [0.1, 0.15) is 31.4 Å². The summed E-state index contributed by atoms with van der Waals surface area (Å²) in [7, 11) is 0. The SMILES string of the molecule is Cc1cccc(-c2nccn2CC2CN(CC3CCN(CC4CC4)CC3)C(=O)CO2)n1. The van der Waals surface area contributed by atoms with Gasteiger partial charge in [-0.2, -0.15) is 0 Å². The molecular weight excluding hydrogens is 390 g/mol. The highest BCUT2D eigenvalue weighted by Gasteiger charge is 2.31. The predicted molar refractivity (Wildman–Crippen MR) is 118 cm³/mol. The average molecular weight is 424 g/mol. The zero-order valence-corrected chi connectivity index (χ0v) is 18.4. The molecule has 1 unspecified atom stereocenters. The third-order valence-electron chi connectivity index (χ3n) is 6.85. The van der Waals surface area contributed by atoms with Gasteiger partial charge in [-0.05, 0) is 69.7 Å². The van der Waals surface area contributed by atoms with Crippen molar-refractivity contribution in [2.75, 3.05) is 39.3 Å². The molecule has 7 nitrogen and oxygen atoms in total. The number of likely N-dealkylation sites (tertiary alicyclic amines) is 1. The summed E-state index contributed by atoms with van der Waals surface area (Å²) in [5.74, 6) is 2.54. The van der Waals surface area contributed by atoms with Crippen molar-refractivity contribution < 1.29 is 9.53 Å². The number of piperidine rings is 1. The normalized spacial score (nSPS) is 23.5. The van der Waals surface area contributed by atoms with Crippen LogP contribution in [0.4, 0.5) is 0 Å². The van der Waals surface area contributed by atoms with Crippen molar-refractivity contribution in [3.05, 3.63) is 36.3 Å². The van der Waals surface area contributed by atoms with Gasteiger partial charge in [0.15, 0.2) is 5.82 Å². The summed E-state index contributed by atoms with van der Waals surface area (Å²) in [5, 5.41) is 0. The lowest BCUT2D eigenvalue weighted by atomic mass is 9.95. The van der Waals surface area contributed by atoms with Crippen LogP contribution in [0, 0.1) is 18.8 Å². The molecule has 2 aromatic rings. The number of amides is 1. The maximum atomic E-state index is 12.5. The predicted octanol–water partition coefficient (Wildman–Crippen LogP) is 2.60. The van der Waals surface area contributed by atoms with Crippen molar-refractivity contribution in [1.82, 2.24) is 24.3 Å². The van der Waals surface area contributed by atoms with Crippen LogP contribution in [0.3, 0.4) is 0 Å². The van der Waals surface area contributed by atoms with Gasteiger partial charge in [0.1, 0.15) is 12.3 Å². The molecule has 1 saturated carbocycles. The summed E-state index contributed by atoms with van der Waals surface area (Å²) < 4.78 is 7.99. The number of aromatic nitrogens is 3. The van der Waals surface area contributed by atoms with Crippen molar-refractivity contribution in [1.29, 1.82) is 0 Å². The number of aryl methyl sites for hydroxylation is 1. The summed E-state index contributed by atoms with van der Waals surface area (Å²) in [6.07, 6.45) is 8.99. The fraction of sp³-hybridized carbons (Fsp3) is 0.625. The summed E-state index contributed by atoms with van der Waals surface area (Å²) >= 11 is 0. The quantitative estimate of drug-likeness (QED) is 0.685. The number of imidazole rings is 1. The van der Waals surface area contributed by atoms with Crippen LogP contribution < -0.4 is 0 Å². The maximum absolute atomic E-state index is 12.5. The molecule has 2 saturated heterocycles. The molecule has 3 fully saturated rings. The van der Waals surface area contributed by atoms with Gasteiger partial charge in [-0.3, -0.25) is 4.79 Å². The van der Waals surface area contributed by atoms with E-state index < -0.39 is 0 Å². The van der Waals surface area contributed by atoms with Crippen LogP contribution in [0.2, 0.25) is 0 Å². The molecule has 0 radical (unpaired) electrons. The van der Waals surface area contributed by atoms with Gasteiger partial charge in [0.25, 0.3) is 0 Å². The highest BCUT2D eigenvalue weighted by Crippen LogP contribution is 2.31. The number of rotatable bonds is 7. The van der Waals surface area contributed by atoms with Crippen molar-refractivity contribution in [2.45, 2.75) is 45.3 Å². The van der Waals surface area contributed by atoms with E-state index in [1.807, 2.05) is 36.2 Å². The van der Waals surface area contributed by atoms with Crippen LogP contribution >= 0.6 is 0 Å². The topological polar surface area (TPSA) is 63.5 Å². The largest absolute Gasteiger partial charge is 0.365 e. The van der Waals surface area contributed by atoms with E-state index in [1.165, 1.54) is 45.3 Å². The highest BCUT2D eigenvalue weighted by atomic mass is 16.5. The Morgan fingerprint density at radius 2 is 1.87 bits per heavy atom. The minimum absolute atomic E-state index is 0.0228. The van der Waals surface area contributed by atoms with Crippen LogP contribution in [-0.2, 0) is 16.1 Å². The summed E-state index contributed by atoms with van der Waals surface area (Å²) in [6.45, 7) is 8.02. The van der Waals surface area contributed by atoms with E-state index in [0.717, 1.165) is 29.7 Å². The molecule has 166 valence electrons. The van der Waals surface area contributed by atoms with E-state index in [4.69, 9.17) is 4.74 Å². The van der Waals surface area contributed by atoms with E-state index in [9.17, 15) is 4.79 Å². The molecular formula is C24H33N5O2. The fourth-order valence-electron chi connectivity index (χ4n) is 4.87. The van der Waals surface area contributed by atoms with Crippen molar-refractivity contribution in [3.8, 4) is 11.5 Å². The van der Waals surface area contributed by atoms with E-state index in [2.05, 4.69) is 19.4 Å². The Hall–Kier alpha value is -2.25. The number of hydrogen-bond donors (Lipinski definition) is 0. The van der Waals surface area contributed by atoms with Gasteiger partial charge in [-0.15, -0.1) is 0 Å². The van der Waals surface area contributed by atoms with Crippen molar-refractivity contribution in [3.63, 3.8) is 0 Å². The Kier molecular flexibility index (Phi) is 6.05. The Bertz CT molecular complexity index is 901. The third-order valence-corrected chi connectivity index (χ3v) is 6.85. The van der Waals surface area contributed by atoms with E-state index in [-0.39, 0.29) is 18.6 Å². The molecule has 3 aliphatic rings. The molecule has 0 spiro atoms. The number of nitrogens with zero attached hydrogens (tertiary/aromatic N) is 5. The van der Waals surface area contributed by atoms with Gasteiger partial charge in [0.05, 0.1) is 12.6 Å². The van der Waals surface area contributed by atoms with Gasteiger partial charge in [-0.25, -0.2) is 9.97 Å². The minimum atomic E-state index is -0.0228. The highest BCUT2D eigenvalue weighted by molar-refractivity contribution is 5.78. The third kappa shape index (κ3) is 5.15. The van der Waals surface area contributed by atoms with Crippen molar-refractivity contribution in [2.24, 2.45) is 11.8 Å². The first-order valence-corrected chi connectivity index (χ1v) is 11.7. The molecule has 0 N–H and O–H groups in total. The van der Waals surface area contributed by atoms with Crippen molar-refractivity contribution >= 4 is 5.91 Å². The standard InChI is InChI=1S/C24H33N5O2/c1-18-3-2-4-22(26-18)24-25-9-12-28(24)15-21-16-29(23(30)17-31-21)14-20-7-10-27(11-8-20)13-19-5-6-19/h2-4,9,12,19-21H,5-8,10-11,13-17H2,1H3. The maximum Gasteiger partial charge on any atom is 0.248 e. The molecule has 4 heterocycles. The van der Waals surface area contributed by atoms with Gasteiger partial charge < -0.3 is 19.1 Å². The van der Waals surface area contributed by atoms with Crippen LogP contribution in [0.5, 0.6) is 0 Å². The van der Waals surface area contributed by atoms with Gasteiger partial charge in [-0.1, -0.05) is 6.07 Å². The Balaban J connectivity index is 1.17. The van der Waals surface area contributed by atoms with Gasteiger partial charge in [0, 0.05) is 37.7 Å². The lowest BCUT2D eigenvalue weighted by Gasteiger charge is -2.38. The van der Waals surface area contributed by atoms with Gasteiger partial charge >= 0.3 is 0 Å². The molecule has 1 atom stereocenters. The average Bonchev–Trinajstić information content (AvgIpc) is 3.46. The number of pyridine rings is 1. The lowest BCUT2D eigenvalue weighted by molar-refractivity contribution is -0.150. The Labute approximate surface area is 184 Å². The van der Waals surface area contributed by atoms with E-state index in [0.29, 0.717) is 19.0 Å². The second kappa shape index (κ2) is 9.09. The molecule has 31 heavy (non-hydrogen) atoms. The molecule has 7 heteroatoms. The van der Waals surface area contributed by atoms with Crippen LogP contribution in [-0.4, -0.2) is 75.7 Å². The number of ether oxygens (including phenoxy) is 1. The molecule has 2 aliphatic heterocycles. The number of hydrogen-bond acceptors (Lipinski definition) is 5. The van der Waals surface area contributed by atoms with Crippen LogP contribution in [0.15, 0.2) is 30.6 Å². The molecule has 2 aromatic heterocycles. The monoisotopic (exact) mass is 423 g/mol. The first-order chi connectivity index (χ1) is 15.1. The number of morpholine rings is 1. The number of carbonyl (C=O) groups is 1. The van der Waals surface area contributed by atoms with Gasteiger partial charge in [0.2, 0.25) is 5.91 Å². The molecule has 5 rings (SSSR count). The lowest BCUT2D eigenvalue weighted by Crippen LogP contribution is -2.50. The fourth-order valence-corrected chi connectivity index (χ4v) is 4.87. The summed E-state index contributed by atoms with van der Waals surface area (Å²) in [6, 6.07) is 5.98. The van der Waals surface area contributed by atoms with Crippen LogP contribution in [0.25, 0.3) is 11.5 Å². The molecule has 1 amide bonds. The molecule has 0 bridgehead atoms. The van der Waals surface area contributed by atoms with E-state index in [1.54, 1.807) is 6.20 Å². The summed E-state index contributed by atoms with van der Waals surface area (Å²) in [5.41, 5.74) is 1.84. The second-order valence-corrected chi connectivity index (χ2v) is 9.49. The minimum Gasteiger partial charge on any atom is -0.365 e. The smallest absolute Gasteiger partial charge is 0.248 e. The first kappa shape index (κ1) is 20.6. The zero-order valence-electron chi connectivity index (χ0n) is 18.4. The number of carbonyl (C=O) groups excluding carboxylic acids is 1. The summed E-state index contributed by atoms with van der Waals surface area (Å²) in [4.78, 5) is 26.3. The second-order valence-electron chi connectivity index (χ2n) is 9.49. The Morgan fingerprint density at radius 1 is 1.06 bits per heavy atom. The Morgan fingerprint density at radius 3 is 2.65 bits per heavy atom. The van der Waals surface area contributed by atoms with E-state index >= 15 is 0 Å².